The van der Waals surface area contributed by atoms with Gasteiger partial charge in [0.15, 0.2) is 10.7 Å². The number of fused-ring (bicyclic) bond motifs is 1. The van der Waals surface area contributed by atoms with Crippen LogP contribution < -0.4 is 0 Å². The fourth-order valence-electron chi connectivity index (χ4n) is 1.78. The minimum absolute atomic E-state index is 0.0367. The Labute approximate surface area is 95.8 Å². The molecule has 1 N–H and O–H groups in total. The van der Waals surface area contributed by atoms with Crippen molar-refractivity contribution in [2.75, 3.05) is 0 Å². The summed E-state index contributed by atoms with van der Waals surface area (Å²) in [6.07, 6.45) is 3.50. The predicted octanol–water partition coefficient (Wildman–Crippen LogP) is 2.46. The summed E-state index contributed by atoms with van der Waals surface area (Å²) in [5.74, 6) is 0.825. The van der Waals surface area contributed by atoms with Gasteiger partial charge in [-0.2, -0.15) is 0 Å². The van der Waals surface area contributed by atoms with Crippen molar-refractivity contribution in [2.45, 2.75) is 13.5 Å². The third kappa shape index (κ3) is 1.29. The van der Waals surface area contributed by atoms with E-state index in [1.165, 1.54) is 0 Å². The van der Waals surface area contributed by atoms with E-state index in [1.54, 1.807) is 17.6 Å². The zero-order valence-electron chi connectivity index (χ0n) is 8.67. The van der Waals surface area contributed by atoms with Gasteiger partial charge < -0.3 is 9.52 Å². The van der Waals surface area contributed by atoms with Crippen molar-refractivity contribution >= 4 is 16.3 Å². The average molecular weight is 234 g/mol. The summed E-state index contributed by atoms with van der Waals surface area (Å²) in [5, 5.41) is 9.05. The van der Waals surface area contributed by atoms with Gasteiger partial charge in [-0.1, -0.05) is 0 Å². The molecule has 0 aliphatic heterocycles. The van der Waals surface area contributed by atoms with Crippen molar-refractivity contribution in [1.82, 2.24) is 9.38 Å². The first kappa shape index (κ1) is 9.62. The molecule has 0 saturated carbocycles. The Morgan fingerprint density at radius 2 is 2.44 bits per heavy atom. The number of aliphatic hydroxyl groups is 1. The first-order chi connectivity index (χ1) is 7.79. The highest BCUT2D eigenvalue weighted by Crippen LogP contribution is 2.31. The molecule has 3 rings (SSSR count). The molecule has 0 aliphatic carbocycles. The number of hydrogen-bond donors (Lipinski definition) is 1. The summed E-state index contributed by atoms with van der Waals surface area (Å²) in [5.41, 5.74) is 1.69. The molecule has 0 aromatic carbocycles. The van der Waals surface area contributed by atoms with E-state index in [0.29, 0.717) is 5.69 Å². The molecular formula is C11H10N2O2S. The van der Waals surface area contributed by atoms with Crippen LogP contribution in [-0.4, -0.2) is 14.5 Å². The van der Waals surface area contributed by atoms with Gasteiger partial charge in [0, 0.05) is 11.1 Å². The summed E-state index contributed by atoms with van der Waals surface area (Å²) >= 11 is 1.59. The Morgan fingerprint density at radius 1 is 1.56 bits per heavy atom. The molecule has 3 aromatic rings. The number of aryl methyl sites for hydroxylation is 1. The van der Waals surface area contributed by atoms with Crippen LogP contribution >= 0.6 is 11.3 Å². The van der Waals surface area contributed by atoms with Crippen molar-refractivity contribution in [3.63, 3.8) is 0 Å². The van der Waals surface area contributed by atoms with Crippen molar-refractivity contribution in [3.05, 3.63) is 35.2 Å². The van der Waals surface area contributed by atoms with Gasteiger partial charge in [0.2, 0.25) is 0 Å². The molecular weight excluding hydrogens is 224 g/mol. The normalized spacial score (nSPS) is 11.4. The molecule has 5 heteroatoms. The van der Waals surface area contributed by atoms with E-state index >= 15 is 0 Å². The fraction of sp³-hybridized carbons (Fsp3) is 0.182. The number of aliphatic hydroxyl groups excluding tert-OH is 1. The summed E-state index contributed by atoms with van der Waals surface area (Å²) in [7, 11) is 0. The molecule has 0 amide bonds. The van der Waals surface area contributed by atoms with Crippen LogP contribution in [0.4, 0.5) is 0 Å². The number of aromatic nitrogens is 2. The Hall–Kier alpha value is -1.59. The molecule has 3 aromatic heterocycles. The zero-order valence-corrected chi connectivity index (χ0v) is 9.49. The molecule has 0 spiro atoms. The van der Waals surface area contributed by atoms with Crippen LogP contribution in [0.5, 0.6) is 0 Å². The second-order valence-electron chi connectivity index (χ2n) is 3.53. The number of thiazole rings is 1. The van der Waals surface area contributed by atoms with Crippen LogP contribution in [-0.2, 0) is 6.61 Å². The van der Waals surface area contributed by atoms with Crippen LogP contribution in [0.15, 0.2) is 29.0 Å². The van der Waals surface area contributed by atoms with Crippen LogP contribution in [0.2, 0.25) is 0 Å². The first-order valence-corrected chi connectivity index (χ1v) is 5.73. The van der Waals surface area contributed by atoms with Crippen LogP contribution in [0.3, 0.4) is 0 Å². The summed E-state index contributed by atoms with van der Waals surface area (Å²) in [6.45, 7) is 2.00. The summed E-state index contributed by atoms with van der Waals surface area (Å²) in [4.78, 5) is 6.35. The molecule has 0 saturated heterocycles. The lowest BCUT2D eigenvalue weighted by Gasteiger charge is -1.96. The van der Waals surface area contributed by atoms with Crippen molar-refractivity contribution < 1.29 is 9.52 Å². The third-order valence-corrected chi connectivity index (χ3v) is 3.43. The number of imidazole rings is 1. The highest BCUT2D eigenvalue weighted by Gasteiger charge is 2.15. The minimum atomic E-state index is -0.0367. The molecule has 4 nitrogen and oxygen atoms in total. The number of furan rings is 1. The van der Waals surface area contributed by atoms with E-state index in [0.717, 1.165) is 21.3 Å². The maximum Gasteiger partial charge on any atom is 0.194 e. The zero-order chi connectivity index (χ0) is 11.1. The highest BCUT2D eigenvalue weighted by atomic mass is 32.1. The molecule has 0 aliphatic rings. The Bertz CT molecular complexity index is 622. The van der Waals surface area contributed by atoms with Gasteiger partial charge in [-0.3, -0.25) is 4.40 Å². The number of nitrogens with zero attached hydrogens (tertiary/aromatic N) is 2. The molecule has 3 heterocycles. The summed E-state index contributed by atoms with van der Waals surface area (Å²) in [6, 6.07) is 3.79. The lowest BCUT2D eigenvalue weighted by atomic mass is 10.3. The van der Waals surface area contributed by atoms with E-state index in [9.17, 15) is 0 Å². The Morgan fingerprint density at radius 3 is 3.12 bits per heavy atom. The van der Waals surface area contributed by atoms with Gasteiger partial charge in [0.05, 0.1) is 18.6 Å². The SMILES string of the molecule is Cc1sc2nc(CO)cn2c1-c1ccco1. The quantitative estimate of drug-likeness (QED) is 0.741. The van der Waals surface area contributed by atoms with Gasteiger partial charge in [0.1, 0.15) is 5.69 Å². The van der Waals surface area contributed by atoms with Gasteiger partial charge in [0.25, 0.3) is 0 Å². The smallest absolute Gasteiger partial charge is 0.194 e. The second-order valence-corrected chi connectivity index (χ2v) is 4.71. The van der Waals surface area contributed by atoms with Gasteiger partial charge in [-0.25, -0.2) is 4.98 Å². The molecule has 0 unspecified atom stereocenters. The largest absolute Gasteiger partial charge is 0.463 e. The Kier molecular flexibility index (Phi) is 2.08. The molecule has 0 fully saturated rings. The predicted molar refractivity (Wildman–Crippen MR) is 61.4 cm³/mol. The van der Waals surface area contributed by atoms with E-state index in [4.69, 9.17) is 9.52 Å². The van der Waals surface area contributed by atoms with Crippen LogP contribution in [0, 0.1) is 6.92 Å². The first-order valence-electron chi connectivity index (χ1n) is 4.91. The third-order valence-electron chi connectivity index (χ3n) is 2.46. The minimum Gasteiger partial charge on any atom is -0.463 e. The van der Waals surface area contributed by atoms with E-state index in [1.807, 2.05) is 29.7 Å². The number of hydrogen-bond acceptors (Lipinski definition) is 4. The van der Waals surface area contributed by atoms with Gasteiger partial charge in [-0.05, 0) is 19.1 Å². The van der Waals surface area contributed by atoms with Crippen molar-refractivity contribution in [2.24, 2.45) is 0 Å². The summed E-state index contributed by atoms with van der Waals surface area (Å²) < 4.78 is 7.37. The number of rotatable bonds is 2. The van der Waals surface area contributed by atoms with Gasteiger partial charge in [-0.15, -0.1) is 11.3 Å². The van der Waals surface area contributed by atoms with Crippen LogP contribution in [0.1, 0.15) is 10.6 Å². The topological polar surface area (TPSA) is 50.7 Å². The van der Waals surface area contributed by atoms with E-state index in [-0.39, 0.29) is 6.61 Å². The fourth-order valence-corrected chi connectivity index (χ4v) is 2.75. The lowest BCUT2D eigenvalue weighted by Crippen LogP contribution is -1.84. The van der Waals surface area contributed by atoms with Crippen LogP contribution in [0.25, 0.3) is 16.4 Å². The lowest BCUT2D eigenvalue weighted by molar-refractivity contribution is 0.277. The maximum absolute atomic E-state index is 9.05. The average Bonchev–Trinajstić information content (AvgIpc) is 2.92. The molecule has 0 atom stereocenters. The standard InChI is InChI=1S/C11H10N2O2S/c1-7-10(9-3-2-4-15-9)13-5-8(6-14)12-11(13)16-7/h2-5,14H,6H2,1H3. The van der Waals surface area contributed by atoms with E-state index in [2.05, 4.69) is 4.98 Å². The highest BCUT2D eigenvalue weighted by molar-refractivity contribution is 7.17. The Balaban J connectivity index is 2.29. The molecule has 82 valence electrons. The molecule has 16 heavy (non-hydrogen) atoms. The second kappa shape index (κ2) is 3.47. The molecule has 0 bridgehead atoms. The van der Waals surface area contributed by atoms with Crippen molar-refractivity contribution in [3.8, 4) is 11.5 Å². The monoisotopic (exact) mass is 234 g/mol. The molecule has 0 radical (unpaired) electrons. The van der Waals surface area contributed by atoms with E-state index < -0.39 is 0 Å². The van der Waals surface area contributed by atoms with Crippen molar-refractivity contribution in [1.29, 1.82) is 0 Å². The van der Waals surface area contributed by atoms with Gasteiger partial charge >= 0.3 is 0 Å². The maximum atomic E-state index is 9.05.